The second-order valence-electron chi connectivity index (χ2n) is 9.74. The largest absolute Gasteiger partial charge is 0.361 e. The van der Waals surface area contributed by atoms with E-state index in [-0.39, 0.29) is 35.7 Å². The van der Waals surface area contributed by atoms with E-state index >= 15 is 0 Å². The van der Waals surface area contributed by atoms with Crippen LogP contribution in [0.3, 0.4) is 0 Å². The molecule has 2 aromatic heterocycles. The lowest BCUT2D eigenvalue weighted by molar-refractivity contribution is -0.115. The molecule has 1 aliphatic rings. The van der Waals surface area contributed by atoms with Gasteiger partial charge < -0.3 is 15.2 Å². The molecule has 0 bridgehead atoms. The molecule has 1 saturated carbocycles. The zero-order chi connectivity index (χ0) is 23.6. The number of benzene rings is 1. The second kappa shape index (κ2) is 9.21. The van der Waals surface area contributed by atoms with Crippen LogP contribution in [0.2, 0.25) is 0 Å². The summed E-state index contributed by atoms with van der Waals surface area (Å²) in [7, 11) is 0. The number of anilines is 1. The maximum absolute atomic E-state index is 12.6. The van der Waals surface area contributed by atoms with Gasteiger partial charge in [-0.2, -0.15) is 5.10 Å². The van der Waals surface area contributed by atoms with Crippen molar-refractivity contribution < 1.29 is 14.1 Å². The predicted molar refractivity (Wildman–Crippen MR) is 125 cm³/mol. The summed E-state index contributed by atoms with van der Waals surface area (Å²) in [5.41, 5.74) is 2.25. The topological polar surface area (TPSA) is 102 Å². The van der Waals surface area contributed by atoms with Crippen LogP contribution < -0.4 is 10.6 Å². The molecule has 2 heterocycles. The Bertz CT molecular complexity index is 1130. The number of carbonyl (C=O) groups is 2. The lowest BCUT2D eigenvalue weighted by atomic mass is 10.0. The fraction of sp³-hybridized carbons (Fsp3) is 0.440. The molecule has 0 saturated heterocycles. The van der Waals surface area contributed by atoms with E-state index in [0.717, 1.165) is 30.7 Å². The number of nitrogens with zero attached hydrogens (tertiary/aromatic N) is 3. The van der Waals surface area contributed by atoms with Crippen LogP contribution >= 0.6 is 0 Å². The number of carbonyl (C=O) groups excluding carboxylic acids is 2. The van der Waals surface area contributed by atoms with Crippen molar-refractivity contribution >= 4 is 17.6 Å². The first-order valence-electron chi connectivity index (χ1n) is 11.4. The Hall–Kier alpha value is -3.42. The number of aromatic nitrogens is 3. The van der Waals surface area contributed by atoms with Gasteiger partial charge >= 0.3 is 0 Å². The fourth-order valence-electron chi connectivity index (χ4n) is 4.37. The Kier molecular flexibility index (Phi) is 6.35. The minimum absolute atomic E-state index is 0.0406. The fourth-order valence-corrected chi connectivity index (χ4v) is 4.37. The van der Waals surface area contributed by atoms with E-state index in [1.807, 2.05) is 48.0 Å². The molecule has 4 rings (SSSR count). The van der Waals surface area contributed by atoms with Gasteiger partial charge in [0.25, 0.3) is 5.91 Å². The SMILES string of the molecule is Cc1cc(CC(=O)Nc2cc(C3CCC(NC(=O)c4ccccc4)C3)n(C(C)(C)C)n2)on1. The first-order valence-corrected chi connectivity index (χ1v) is 11.4. The number of aryl methyl sites for hydroxylation is 1. The van der Waals surface area contributed by atoms with E-state index in [9.17, 15) is 9.59 Å². The first kappa shape index (κ1) is 22.8. The molecule has 0 spiro atoms. The van der Waals surface area contributed by atoms with Crippen molar-refractivity contribution in [3.8, 4) is 0 Å². The molecule has 8 nitrogen and oxygen atoms in total. The summed E-state index contributed by atoms with van der Waals surface area (Å²) in [5.74, 6) is 1.06. The van der Waals surface area contributed by atoms with Crippen molar-refractivity contribution in [3.05, 3.63) is 65.2 Å². The van der Waals surface area contributed by atoms with E-state index in [0.29, 0.717) is 17.1 Å². The van der Waals surface area contributed by atoms with Crippen LogP contribution in [0.15, 0.2) is 47.0 Å². The smallest absolute Gasteiger partial charge is 0.251 e. The molecule has 1 aliphatic carbocycles. The van der Waals surface area contributed by atoms with Crippen molar-refractivity contribution in [2.45, 2.75) is 70.9 Å². The molecule has 2 unspecified atom stereocenters. The van der Waals surface area contributed by atoms with Crippen molar-refractivity contribution in [1.82, 2.24) is 20.3 Å². The zero-order valence-electron chi connectivity index (χ0n) is 19.6. The molecule has 0 aliphatic heterocycles. The summed E-state index contributed by atoms with van der Waals surface area (Å²) in [6.07, 6.45) is 2.80. The Balaban J connectivity index is 1.45. The lowest BCUT2D eigenvalue weighted by Gasteiger charge is -2.25. The van der Waals surface area contributed by atoms with Gasteiger partial charge in [0.05, 0.1) is 17.7 Å². The predicted octanol–water partition coefficient (Wildman–Crippen LogP) is 4.18. The molecule has 2 N–H and O–H groups in total. The summed E-state index contributed by atoms with van der Waals surface area (Å²) in [6.45, 7) is 8.10. The van der Waals surface area contributed by atoms with Crippen LogP contribution in [0, 0.1) is 6.92 Å². The molecule has 8 heteroatoms. The molecule has 0 radical (unpaired) electrons. The Morgan fingerprint density at radius 3 is 2.58 bits per heavy atom. The minimum Gasteiger partial charge on any atom is -0.361 e. The summed E-state index contributed by atoms with van der Waals surface area (Å²) in [6, 6.07) is 13.1. The highest BCUT2D eigenvalue weighted by molar-refractivity contribution is 5.94. The second-order valence-corrected chi connectivity index (χ2v) is 9.74. The minimum atomic E-state index is -0.244. The van der Waals surface area contributed by atoms with Crippen molar-refractivity contribution in [2.75, 3.05) is 5.32 Å². The summed E-state index contributed by atoms with van der Waals surface area (Å²) >= 11 is 0. The summed E-state index contributed by atoms with van der Waals surface area (Å²) < 4.78 is 7.13. The van der Waals surface area contributed by atoms with Crippen LogP contribution in [0.4, 0.5) is 5.82 Å². The Morgan fingerprint density at radius 2 is 1.91 bits per heavy atom. The number of amides is 2. The van der Waals surface area contributed by atoms with E-state index in [2.05, 4.69) is 36.6 Å². The highest BCUT2D eigenvalue weighted by Crippen LogP contribution is 2.37. The average molecular weight is 450 g/mol. The molecule has 33 heavy (non-hydrogen) atoms. The van der Waals surface area contributed by atoms with Crippen molar-refractivity contribution in [1.29, 1.82) is 0 Å². The summed E-state index contributed by atoms with van der Waals surface area (Å²) in [5, 5.41) is 14.6. The normalized spacial score (nSPS) is 18.3. The molecule has 3 aromatic rings. The van der Waals surface area contributed by atoms with Crippen LogP contribution in [0.1, 0.15) is 73.5 Å². The third-order valence-corrected chi connectivity index (χ3v) is 5.87. The molecule has 2 atom stereocenters. The van der Waals surface area contributed by atoms with Crippen LogP contribution in [-0.4, -0.2) is 32.8 Å². The quantitative estimate of drug-likeness (QED) is 0.588. The number of hydrogen-bond donors (Lipinski definition) is 2. The van der Waals surface area contributed by atoms with E-state index < -0.39 is 0 Å². The van der Waals surface area contributed by atoms with Gasteiger partial charge in [0, 0.05) is 35.3 Å². The molecular formula is C25H31N5O3. The molecule has 1 aromatic carbocycles. The van der Waals surface area contributed by atoms with E-state index in [4.69, 9.17) is 9.62 Å². The molecular weight excluding hydrogens is 418 g/mol. The van der Waals surface area contributed by atoms with Gasteiger partial charge in [-0.05, 0) is 59.1 Å². The zero-order valence-corrected chi connectivity index (χ0v) is 19.6. The maximum Gasteiger partial charge on any atom is 0.251 e. The van der Waals surface area contributed by atoms with Crippen LogP contribution in [0.25, 0.3) is 0 Å². The van der Waals surface area contributed by atoms with Crippen molar-refractivity contribution in [2.24, 2.45) is 0 Å². The van der Waals surface area contributed by atoms with Gasteiger partial charge in [0.15, 0.2) is 5.82 Å². The van der Waals surface area contributed by atoms with Gasteiger partial charge in [0.2, 0.25) is 5.91 Å². The summed E-state index contributed by atoms with van der Waals surface area (Å²) in [4.78, 5) is 25.1. The van der Waals surface area contributed by atoms with Gasteiger partial charge in [-0.1, -0.05) is 23.4 Å². The lowest BCUT2D eigenvalue weighted by Crippen LogP contribution is -2.33. The van der Waals surface area contributed by atoms with Gasteiger partial charge in [0.1, 0.15) is 5.76 Å². The van der Waals surface area contributed by atoms with E-state index in [1.165, 1.54) is 0 Å². The number of rotatable bonds is 6. The van der Waals surface area contributed by atoms with Gasteiger partial charge in [-0.15, -0.1) is 0 Å². The number of hydrogen-bond acceptors (Lipinski definition) is 5. The highest BCUT2D eigenvalue weighted by atomic mass is 16.5. The first-order chi connectivity index (χ1) is 15.7. The molecule has 2 amide bonds. The molecule has 1 fully saturated rings. The Labute approximate surface area is 193 Å². The standard InChI is InChI=1S/C25H31N5O3/c1-16-12-20(33-29-16)14-23(31)27-22-15-21(30(28-22)25(2,3)4)18-10-11-19(13-18)26-24(32)17-8-6-5-7-9-17/h5-9,12,15,18-19H,10-11,13-14H2,1-4H3,(H,26,32)(H,27,28,31). The Morgan fingerprint density at radius 1 is 1.15 bits per heavy atom. The maximum atomic E-state index is 12.6. The average Bonchev–Trinajstić information content (AvgIpc) is 3.48. The molecule has 174 valence electrons. The number of nitrogens with one attached hydrogen (secondary N) is 2. The van der Waals surface area contributed by atoms with E-state index in [1.54, 1.807) is 6.07 Å². The van der Waals surface area contributed by atoms with Gasteiger partial charge in [-0.3, -0.25) is 14.3 Å². The third kappa shape index (κ3) is 5.50. The van der Waals surface area contributed by atoms with Crippen molar-refractivity contribution in [3.63, 3.8) is 0 Å². The monoisotopic (exact) mass is 449 g/mol. The van der Waals surface area contributed by atoms with Crippen LogP contribution in [0.5, 0.6) is 0 Å². The third-order valence-electron chi connectivity index (χ3n) is 5.87. The van der Waals surface area contributed by atoms with Gasteiger partial charge in [-0.25, -0.2) is 0 Å². The highest BCUT2D eigenvalue weighted by Gasteiger charge is 2.32. The van der Waals surface area contributed by atoms with Crippen LogP contribution in [-0.2, 0) is 16.8 Å².